The van der Waals surface area contributed by atoms with E-state index in [9.17, 15) is 13.2 Å². The lowest BCUT2D eigenvalue weighted by molar-refractivity contribution is -0.174. The molecule has 0 aliphatic heterocycles. The Bertz CT molecular complexity index is 212. The minimum atomic E-state index is -4.21. The van der Waals surface area contributed by atoms with Gasteiger partial charge in [-0.1, -0.05) is 19.3 Å². The van der Waals surface area contributed by atoms with Crippen LogP contribution in [0.2, 0.25) is 0 Å². The molecule has 0 aromatic heterocycles. The molecule has 0 bridgehead atoms. The van der Waals surface area contributed by atoms with E-state index >= 15 is 0 Å². The minimum absolute atomic E-state index is 0.169. The van der Waals surface area contributed by atoms with E-state index in [2.05, 4.69) is 17.0 Å². The van der Waals surface area contributed by atoms with E-state index in [0.29, 0.717) is 6.42 Å². The molecule has 1 aliphatic rings. The van der Waals surface area contributed by atoms with Crippen LogP contribution in [0.3, 0.4) is 0 Å². The third-order valence-corrected chi connectivity index (χ3v) is 3.24. The van der Waals surface area contributed by atoms with E-state index in [1.165, 1.54) is 19.3 Å². The van der Waals surface area contributed by atoms with Crippen LogP contribution in [0.15, 0.2) is 0 Å². The van der Waals surface area contributed by atoms with E-state index in [1.807, 2.05) is 0 Å². The van der Waals surface area contributed by atoms with Gasteiger partial charge in [0.25, 0.3) is 0 Å². The summed E-state index contributed by atoms with van der Waals surface area (Å²) in [4.78, 5) is 0. The molecule has 0 saturated heterocycles. The highest BCUT2D eigenvalue weighted by Gasteiger charge is 2.27. The Labute approximate surface area is 101 Å². The lowest BCUT2D eigenvalue weighted by atomic mass is 9.83. The molecular formula is C12H22F3NO. The Morgan fingerprint density at radius 3 is 2.41 bits per heavy atom. The summed E-state index contributed by atoms with van der Waals surface area (Å²) in [7, 11) is 0. The molecule has 1 aliphatic carbocycles. The Morgan fingerprint density at radius 2 is 1.82 bits per heavy atom. The van der Waals surface area contributed by atoms with Gasteiger partial charge in [-0.25, -0.2) is 0 Å². The standard InChI is InChI=1S/C12H22F3NO/c1-11(6-3-2-4-7-11)16-8-5-9-17-10-12(13,14)15/h16H,2-10H2,1H3. The fourth-order valence-corrected chi connectivity index (χ4v) is 2.26. The number of ether oxygens (including phenoxy) is 1. The minimum Gasteiger partial charge on any atom is -0.372 e. The van der Waals surface area contributed by atoms with Crippen LogP contribution in [-0.4, -0.2) is 31.5 Å². The monoisotopic (exact) mass is 253 g/mol. The molecule has 1 saturated carbocycles. The van der Waals surface area contributed by atoms with Gasteiger partial charge in [0.15, 0.2) is 0 Å². The Kier molecular flexibility index (Phi) is 5.73. The average molecular weight is 253 g/mol. The number of hydrogen-bond donors (Lipinski definition) is 1. The maximum Gasteiger partial charge on any atom is 0.411 e. The summed E-state index contributed by atoms with van der Waals surface area (Å²) in [5, 5.41) is 3.43. The topological polar surface area (TPSA) is 21.3 Å². The predicted octanol–water partition coefficient (Wildman–Crippen LogP) is 3.27. The summed E-state index contributed by atoms with van der Waals surface area (Å²) in [5.41, 5.74) is 0.183. The van der Waals surface area contributed by atoms with Crippen LogP contribution in [0.25, 0.3) is 0 Å². The Hall–Kier alpha value is -0.290. The second-order valence-electron chi connectivity index (χ2n) is 5.07. The van der Waals surface area contributed by atoms with Gasteiger partial charge in [-0.2, -0.15) is 13.2 Å². The van der Waals surface area contributed by atoms with E-state index in [1.54, 1.807) is 0 Å². The molecule has 0 heterocycles. The number of halogens is 3. The second kappa shape index (κ2) is 6.59. The predicted molar refractivity (Wildman–Crippen MR) is 61.0 cm³/mol. The molecule has 102 valence electrons. The van der Waals surface area contributed by atoms with E-state index in [-0.39, 0.29) is 12.1 Å². The fourth-order valence-electron chi connectivity index (χ4n) is 2.26. The van der Waals surface area contributed by atoms with Crippen molar-refractivity contribution in [2.75, 3.05) is 19.8 Å². The molecular weight excluding hydrogens is 231 g/mol. The molecule has 17 heavy (non-hydrogen) atoms. The molecule has 0 aromatic rings. The van der Waals surface area contributed by atoms with Crippen molar-refractivity contribution in [3.05, 3.63) is 0 Å². The Balaban J connectivity index is 2.00. The summed E-state index contributed by atoms with van der Waals surface area (Å²) in [6.45, 7) is 1.96. The van der Waals surface area contributed by atoms with Gasteiger partial charge in [0, 0.05) is 12.1 Å². The second-order valence-corrected chi connectivity index (χ2v) is 5.07. The Morgan fingerprint density at radius 1 is 1.18 bits per heavy atom. The molecule has 0 spiro atoms. The first-order chi connectivity index (χ1) is 7.91. The highest BCUT2D eigenvalue weighted by molar-refractivity contribution is 4.85. The molecule has 1 N–H and O–H groups in total. The lowest BCUT2D eigenvalue weighted by Gasteiger charge is -2.34. The number of rotatable bonds is 6. The van der Waals surface area contributed by atoms with Crippen molar-refractivity contribution in [1.82, 2.24) is 5.32 Å². The van der Waals surface area contributed by atoms with Gasteiger partial charge < -0.3 is 10.1 Å². The van der Waals surface area contributed by atoms with Gasteiger partial charge >= 0.3 is 6.18 Å². The third-order valence-electron chi connectivity index (χ3n) is 3.24. The van der Waals surface area contributed by atoms with Crippen molar-refractivity contribution >= 4 is 0 Å². The van der Waals surface area contributed by atoms with Crippen LogP contribution >= 0.6 is 0 Å². The first-order valence-electron chi connectivity index (χ1n) is 6.31. The van der Waals surface area contributed by atoms with Crippen LogP contribution in [0, 0.1) is 0 Å². The van der Waals surface area contributed by atoms with E-state index < -0.39 is 12.8 Å². The SMILES string of the molecule is CC1(NCCCOCC(F)(F)F)CCCCC1. The largest absolute Gasteiger partial charge is 0.411 e. The zero-order valence-electron chi connectivity index (χ0n) is 10.4. The van der Waals surface area contributed by atoms with Crippen LogP contribution in [0.4, 0.5) is 13.2 Å². The summed E-state index contributed by atoms with van der Waals surface area (Å²) >= 11 is 0. The van der Waals surface area contributed by atoms with Gasteiger partial charge in [0.05, 0.1) is 0 Å². The summed E-state index contributed by atoms with van der Waals surface area (Å²) in [5.74, 6) is 0. The molecule has 0 amide bonds. The van der Waals surface area contributed by atoms with Gasteiger partial charge in [0.1, 0.15) is 6.61 Å². The van der Waals surface area contributed by atoms with Gasteiger partial charge in [0.2, 0.25) is 0 Å². The van der Waals surface area contributed by atoms with Gasteiger partial charge in [-0.15, -0.1) is 0 Å². The molecule has 0 radical (unpaired) electrons. The van der Waals surface area contributed by atoms with Crippen molar-refractivity contribution in [3.8, 4) is 0 Å². The summed E-state index contributed by atoms with van der Waals surface area (Å²) in [6.07, 6.45) is 2.54. The highest BCUT2D eigenvalue weighted by atomic mass is 19.4. The van der Waals surface area contributed by atoms with E-state index in [4.69, 9.17) is 0 Å². The number of hydrogen-bond acceptors (Lipinski definition) is 2. The lowest BCUT2D eigenvalue weighted by Crippen LogP contribution is -2.44. The average Bonchev–Trinajstić information content (AvgIpc) is 2.23. The maximum absolute atomic E-state index is 11.8. The molecule has 0 aromatic carbocycles. The maximum atomic E-state index is 11.8. The van der Waals surface area contributed by atoms with Crippen LogP contribution in [0.1, 0.15) is 45.4 Å². The number of alkyl halides is 3. The molecule has 0 atom stereocenters. The number of nitrogens with one attached hydrogen (secondary N) is 1. The molecule has 5 heteroatoms. The first kappa shape index (κ1) is 14.8. The van der Waals surface area contributed by atoms with Crippen molar-refractivity contribution in [1.29, 1.82) is 0 Å². The fraction of sp³-hybridized carbons (Fsp3) is 1.00. The van der Waals surface area contributed by atoms with E-state index in [0.717, 1.165) is 19.4 Å². The molecule has 2 nitrogen and oxygen atoms in total. The zero-order chi connectivity index (χ0) is 12.8. The van der Waals surface area contributed by atoms with Crippen molar-refractivity contribution in [3.63, 3.8) is 0 Å². The van der Waals surface area contributed by atoms with Crippen LogP contribution in [0.5, 0.6) is 0 Å². The first-order valence-corrected chi connectivity index (χ1v) is 6.31. The summed E-state index contributed by atoms with van der Waals surface area (Å²) in [6, 6.07) is 0. The third kappa shape index (κ3) is 6.88. The molecule has 0 unspecified atom stereocenters. The van der Waals surface area contributed by atoms with Crippen LogP contribution < -0.4 is 5.32 Å². The van der Waals surface area contributed by atoms with Gasteiger partial charge in [-0.05, 0) is 32.7 Å². The molecule has 1 rings (SSSR count). The smallest absolute Gasteiger partial charge is 0.372 e. The van der Waals surface area contributed by atoms with Gasteiger partial charge in [-0.3, -0.25) is 0 Å². The zero-order valence-corrected chi connectivity index (χ0v) is 10.4. The van der Waals surface area contributed by atoms with Crippen molar-refractivity contribution in [2.45, 2.75) is 57.2 Å². The van der Waals surface area contributed by atoms with Crippen molar-refractivity contribution in [2.24, 2.45) is 0 Å². The summed E-state index contributed by atoms with van der Waals surface area (Å²) < 4.78 is 39.9. The quantitative estimate of drug-likeness (QED) is 0.734. The molecule has 1 fully saturated rings. The highest BCUT2D eigenvalue weighted by Crippen LogP contribution is 2.27. The normalized spacial score (nSPS) is 20.5. The van der Waals surface area contributed by atoms with Crippen LogP contribution in [-0.2, 0) is 4.74 Å². The van der Waals surface area contributed by atoms with Crippen molar-refractivity contribution < 1.29 is 17.9 Å².